The van der Waals surface area contributed by atoms with Crippen molar-refractivity contribution in [2.75, 3.05) is 6.61 Å². The third kappa shape index (κ3) is 10.7. The van der Waals surface area contributed by atoms with Crippen molar-refractivity contribution in [3.8, 4) is 16.9 Å². The molecule has 0 N–H and O–H groups in total. The minimum atomic E-state index is 0.766. The van der Waals surface area contributed by atoms with Gasteiger partial charge in [-0.2, -0.15) is 0 Å². The maximum absolute atomic E-state index is 5.98. The molecule has 0 saturated heterocycles. The van der Waals surface area contributed by atoms with Gasteiger partial charge in [0.15, 0.2) is 0 Å². The van der Waals surface area contributed by atoms with E-state index in [1.807, 2.05) is 0 Å². The molecule has 200 valence electrons. The van der Waals surface area contributed by atoms with E-state index >= 15 is 0 Å². The van der Waals surface area contributed by atoms with Gasteiger partial charge in [0.05, 0.1) is 6.61 Å². The number of hydrogen-bond acceptors (Lipinski definition) is 1. The fourth-order valence-electron chi connectivity index (χ4n) is 5.94. The summed E-state index contributed by atoms with van der Waals surface area (Å²) in [7, 11) is 0. The summed E-state index contributed by atoms with van der Waals surface area (Å²) in [6.45, 7) is 5.41. The van der Waals surface area contributed by atoms with Crippen molar-refractivity contribution in [2.45, 2.75) is 135 Å². The maximum Gasteiger partial charge on any atom is 0.119 e. The first-order chi connectivity index (χ1) is 17.8. The quantitative estimate of drug-likeness (QED) is 0.189. The molecule has 0 spiro atoms. The molecule has 0 aliphatic heterocycles. The average Bonchev–Trinajstić information content (AvgIpc) is 2.93. The Labute approximate surface area is 223 Å². The highest BCUT2D eigenvalue weighted by molar-refractivity contribution is 5.64. The van der Waals surface area contributed by atoms with Crippen molar-refractivity contribution in [3.63, 3.8) is 0 Å². The zero-order chi connectivity index (χ0) is 25.3. The van der Waals surface area contributed by atoms with E-state index in [0.717, 1.165) is 30.6 Å². The van der Waals surface area contributed by atoms with Crippen LogP contribution in [0.25, 0.3) is 11.1 Å². The van der Waals surface area contributed by atoms with Crippen LogP contribution in [0.3, 0.4) is 0 Å². The Morgan fingerprint density at radius 1 is 0.556 bits per heavy atom. The first-order valence-corrected chi connectivity index (χ1v) is 15.6. The standard InChI is InChI=1S/C35H54O/c1-3-5-7-9-11-13-15-29-36-35-27-25-34(26-28-35)33-23-21-32(22-24-33)31-19-17-30(18-20-31)16-14-12-10-8-6-4-2/h21-28,30-31H,3-20,29H2,1-2H3. The molecule has 1 nitrogen and oxygen atoms in total. The third-order valence-corrected chi connectivity index (χ3v) is 8.40. The third-order valence-electron chi connectivity index (χ3n) is 8.40. The fraction of sp³-hybridized carbons (Fsp3) is 0.657. The molecule has 0 atom stereocenters. The molecule has 1 fully saturated rings. The monoisotopic (exact) mass is 490 g/mol. The van der Waals surface area contributed by atoms with Gasteiger partial charge >= 0.3 is 0 Å². The smallest absolute Gasteiger partial charge is 0.119 e. The van der Waals surface area contributed by atoms with Crippen molar-refractivity contribution in [2.24, 2.45) is 5.92 Å². The molecule has 2 aromatic carbocycles. The van der Waals surface area contributed by atoms with Gasteiger partial charge in [-0.3, -0.25) is 0 Å². The summed E-state index contributed by atoms with van der Waals surface area (Å²) < 4.78 is 5.98. The highest BCUT2D eigenvalue weighted by atomic mass is 16.5. The van der Waals surface area contributed by atoms with E-state index in [-0.39, 0.29) is 0 Å². The molecule has 3 rings (SSSR count). The molecular weight excluding hydrogens is 436 g/mol. The SMILES string of the molecule is CCCCCCCCCOc1ccc(-c2ccc(C3CCC(CCCCCCCC)CC3)cc2)cc1. The second-order valence-corrected chi connectivity index (χ2v) is 11.4. The summed E-state index contributed by atoms with van der Waals surface area (Å²) in [5, 5.41) is 0. The van der Waals surface area contributed by atoms with Crippen LogP contribution in [0.5, 0.6) is 5.75 Å². The van der Waals surface area contributed by atoms with E-state index in [4.69, 9.17) is 4.74 Å². The first kappa shape index (κ1) is 28.8. The van der Waals surface area contributed by atoms with Crippen LogP contribution in [0.15, 0.2) is 48.5 Å². The van der Waals surface area contributed by atoms with Gasteiger partial charge in [-0.25, -0.2) is 0 Å². The molecule has 1 heteroatoms. The fourth-order valence-corrected chi connectivity index (χ4v) is 5.94. The van der Waals surface area contributed by atoms with E-state index in [1.54, 1.807) is 5.56 Å². The molecule has 2 aromatic rings. The molecule has 0 radical (unpaired) electrons. The van der Waals surface area contributed by atoms with Crippen LogP contribution in [0.4, 0.5) is 0 Å². The van der Waals surface area contributed by atoms with Crippen LogP contribution >= 0.6 is 0 Å². The molecule has 1 aliphatic rings. The summed E-state index contributed by atoms with van der Waals surface area (Å²) in [5.74, 6) is 2.75. The molecule has 0 aromatic heterocycles. The average molecular weight is 491 g/mol. The van der Waals surface area contributed by atoms with Crippen molar-refractivity contribution >= 4 is 0 Å². The molecule has 0 amide bonds. The lowest BCUT2D eigenvalue weighted by Crippen LogP contribution is -2.13. The van der Waals surface area contributed by atoms with E-state index < -0.39 is 0 Å². The highest BCUT2D eigenvalue weighted by Crippen LogP contribution is 2.38. The molecule has 0 bridgehead atoms. The number of benzene rings is 2. The molecule has 1 aliphatic carbocycles. The van der Waals surface area contributed by atoms with Crippen LogP contribution in [0.1, 0.15) is 141 Å². The van der Waals surface area contributed by atoms with Gasteiger partial charge in [-0.15, -0.1) is 0 Å². The summed E-state index contributed by atoms with van der Waals surface area (Å²) in [6, 6.07) is 18.1. The summed E-state index contributed by atoms with van der Waals surface area (Å²) in [6.07, 6.45) is 24.9. The number of unbranched alkanes of at least 4 members (excludes halogenated alkanes) is 11. The van der Waals surface area contributed by atoms with Gasteiger partial charge in [0, 0.05) is 0 Å². The number of hydrogen-bond donors (Lipinski definition) is 0. The lowest BCUT2D eigenvalue weighted by Gasteiger charge is -2.29. The topological polar surface area (TPSA) is 9.23 Å². The number of rotatable bonds is 18. The Bertz CT molecular complexity index is 782. The molecule has 0 heterocycles. The normalized spacial score (nSPS) is 17.8. The first-order valence-electron chi connectivity index (χ1n) is 15.6. The van der Waals surface area contributed by atoms with Crippen LogP contribution < -0.4 is 4.74 Å². The Balaban J connectivity index is 1.33. The van der Waals surface area contributed by atoms with E-state index in [9.17, 15) is 0 Å². The Morgan fingerprint density at radius 3 is 1.64 bits per heavy atom. The number of ether oxygens (including phenoxy) is 1. The second-order valence-electron chi connectivity index (χ2n) is 11.4. The minimum Gasteiger partial charge on any atom is -0.494 e. The van der Waals surface area contributed by atoms with Crippen LogP contribution in [0.2, 0.25) is 0 Å². The zero-order valence-corrected chi connectivity index (χ0v) is 23.6. The van der Waals surface area contributed by atoms with Crippen LogP contribution in [-0.4, -0.2) is 6.61 Å². The highest BCUT2D eigenvalue weighted by Gasteiger charge is 2.22. The summed E-state index contributed by atoms with van der Waals surface area (Å²) in [5.41, 5.74) is 4.15. The van der Waals surface area contributed by atoms with Gasteiger partial charge in [0.25, 0.3) is 0 Å². The predicted octanol–water partition coefficient (Wildman–Crippen LogP) is 11.5. The van der Waals surface area contributed by atoms with Gasteiger partial charge in [0.1, 0.15) is 5.75 Å². The van der Waals surface area contributed by atoms with Crippen LogP contribution in [0, 0.1) is 5.92 Å². The van der Waals surface area contributed by atoms with Crippen molar-refractivity contribution in [1.82, 2.24) is 0 Å². The van der Waals surface area contributed by atoms with Gasteiger partial charge < -0.3 is 4.74 Å². The summed E-state index contributed by atoms with van der Waals surface area (Å²) >= 11 is 0. The van der Waals surface area contributed by atoms with Gasteiger partial charge in [-0.1, -0.05) is 134 Å². The maximum atomic E-state index is 5.98. The predicted molar refractivity (Wildman–Crippen MR) is 158 cm³/mol. The van der Waals surface area contributed by atoms with Gasteiger partial charge in [-0.05, 0) is 72.8 Å². The Morgan fingerprint density at radius 2 is 1.06 bits per heavy atom. The zero-order valence-electron chi connectivity index (χ0n) is 23.6. The summed E-state index contributed by atoms with van der Waals surface area (Å²) in [4.78, 5) is 0. The van der Waals surface area contributed by atoms with Gasteiger partial charge in [0.2, 0.25) is 0 Å². The Kier molecular flexibility index (Phi) is 14.1. The largest absolute Gasteiger partial charge is 0.494 e. The van der Waals surface area contributed by atoms with E-state index in [1.165, 1.54) is 120 Å². The molecule has 1 saturated carbocycles. The van der Waals surface area contributed by atoms with E-state index in [0.29, 0.717) is 0 Å². The van der Waals surface area contributed by atoms with Crippen molar-refractivity contribution < 1.29 is 4.74 Å². The van der Waals surface area contributed by atoms with Crippen molar-refractivity contribution in [1.29, 1.82) is 0 Å². The minimum absolute atomic E-state index is 0.766. The molecule has 36 heavy (non-hydrogen) atoms. The van der Waals surface area contributed by atoms with Crippen LogP contribution in [-0.2, 0) is 0 Å². The molecular formula is C35H54O. The second kappa shape index (κ2) is 17.7. The van der Waals surface area contributed by atoms with Crippen molar-refractivity contribution in [3.05, 3.63) is 54.1 Å². The molecule has 0 unspecified atom stereocenters. The Hall–Kier alpha value is -1.76. The van der Waals surface area contributed by atoms with E-state index in [2.05, 4.69) is 62.4 Å². The lowest BCUT2D eigenvalue weighted by molar-refractivity contribution is 0.302. The lowest BCUT2D eigenvalue weighted by atomic mass is 9.77.